The maximum Gasteiger partial charge on any atom is 0.122 e. The van der Waals surface area contributed by atoms with Crippen molar-refractivity contribution in [1.29, 1.82) is 0 Å². The summed E-state index contributed by atoms with van der Waals surface area (Å²) >= 11 is 4.85. The van der Waals surface area contributed by atoms with Crippen molar-refractivity contribution in [2.75, 3.05) is 11.9 Å². The predicted molar refractivity (Wildman–Crippen MR) is 78.8 cm³/mol. The molecule has 0 amide bonds. The Morgan fingerprint density at radius 2 is 1.94 bits per heavy atom. The van der Waals surface area contributed by atoms with E-state index in [-0.39, 0.29) is 0 Å². The van der Waals surface area contributed by atoms with Gasteiger partial charge in [0.1, 0.15) is 4.99 Å². The van der Waals surface area contributed by atoms with E-state index in [2.05, 4.69) is 22.4 Å². The summed E-state index contributed by atoms with van der Waals surface area (Å²) in [5.74, 6) is 0. The molecule has 0 saturated carbocycles. The van der Waals surface area contributed by atoms with E-state index in [1.54, 1.807) is 6.20 Å². The first kappa shape index (κ1) is 12.5. The number of aromatic nitrogens is 1. The van der Waals surface area contributed by atoms with E-state index in [0.29, 0.717) is 10.7 Å². The molecular formula is C14H15N3S. The number of rotatable bonds is 5. The second-order valence-corrected chi connectivity index (χ2v) is 4.40. The topological polar surface area (TPSA) is 50.9 Å². The fourth-order valence-electron chi connectivity index (χ4n) is 1.64. The Morgan fingerprint density at radius 1 is 1.17 bits per heavy atom. The van der Waals surface area contributed by atoms with Gasteiger partial charge in [-0.15, -0.1) is 0 Å². The van der Waals surface area contributed by atoms with E-state index >= 15 is 0 Å². The average Bonchev–Trinajstić information content (AvgIpc) is 2.40. The molecule has 1 aromatic carbocycles. The van der Waals surface area contributed by atoms with Crippen molar-refractivity contribution >= 4 is 22.9 Å². The highest BCUT2D eigenvalue weighted by atomic mass is 32.1. The normalized spacial score (nSPS) is 10.0. The van der Waals surface area contributed by atoms with Crippen molar-refractivity contribution in [3.8, 4) is 0 Å². The number of nitrogens with one attached hydrogen (secondary N) is 1. The van der Waals surface area contributed by atoms with E-state index in [9.17, 15) is 0 Å². The van der Waals surface area contributed by atoms with Crippen LogP contribution in [0.5, 0.6) is 0 Å². The molecule has 92 valence electrons. The predicted octanol–water partition coefficient (Wildman–Crippen LogP) is 2.37. The Kier molecular flexibility index (Phi) is 4.25. The third-order valence-corrected chi connectivity index (χ3v) is 2.81. The molecule has 2 rings (SSSR count). The first-order valence-corrected chi connectivity index (χ1v) is 6.20. The van der Waals surface area contributed by atoms with Gasteiger partial charge in [0.05, 0.1) is 17.6 Å². The van der Waals surface area contributed by atoms with Gasteiger partial charge in [-0.2, -0.15) is 0 Å². The van der Waals surface area contributed by atoms with Crippen LogP contribution in [0.3, 0.4) is 0 Å². The van der Waals surface area contributed by atoms with Crippen molar-refractivity contribution in [3.05, 3.63) is 59.9 Å². The lowest BCUT2D eigenvalue weighted by Gasteiger charge is -2.06. The molecule has 0 unspecified atom stereocenters. The van der Waals surface area contributed by atoms with Crippen molar-refractivity contribution < 1.29 is 0 Å². The molecule has 3 nitrogen and oxygen atoms in total. The summed E-state index contributed by atoms with van der Waals surface area (Å²) in [6.07, 6.45) is 2.73. The van der Waals surface area contributed by atoms with Crippen LogP contribution in [0.1, 0.15) is 11.3 Å². The highest BCUT2D eigenvalue weighted by Crippen LogP contribution is 2.07. The molecule has 0 saturated heterocycles. The molecule has 0 aliphatic heterocycles. The minimum absolute atomic E-state index is 0.325. The van der Waals surface area contributed by atoms with Crippen LogP contribution in [0.2, 0.25) is 0 Å². The molecule has 0 spiro atoms. The molecule has 3 N–H and O–H groups in total. The minimum Gasteiger partial charge on any atom is -0.388 e. The van der Waals surface area contributed by atoms with Gasteiger partial charge in [0.25, 0.3) is 0 Å². The van der Waals surface area contributed by atoms with Crippen LogP contribution >= 0.6 is 12.2 Å². The Labute approximate surface area is 112 Å². The fraction of sp³-hybridized carbons (Fsp3) is 0.143. The number of benzene rings is 1. The third-order valence-electron chi connectivity index (χ3n) is 2.60. The number of nitrogens with two attached hydrogens (primary N) is 1. The van der Waals surface area contributed by atoms with Gasteiger partial charge in [0.15, 0.2) is 0 Å². The summed E-state index contributed by atoms with van der Waals surface area (Å²) in [7, 11) is 0. The summed E-state index contributed by atoms with van der Waals surface area (Å²) in [5, 5.41) is 3.31. The monoisotopic (exact) mass is 257 g/mol. The molecule has 2 aromatic rings. The molecule has 4 heteroatoms. The first-order chi connectivity index (χ1) is 8.75. The highest BCUT2D eigenvalue weighted by molar-refractivity contribution is 7.80. The Morgan fingerprint density at radius 3 is 2.56 bits per heavy atom. The molecule has 1 aromatic heterocycles. The maximum atomic E-state index is 5.49. The summed E-state index contributed by atoms with van der Waals surface area (Å²) < 4.78 is 0. The van der Waals surface area contributed by atoms with Crippen LogP contribution in [-0.4, -0.2) is 16.5 Å². The van der Waals surface area contributed by atoms with Gasteiger partial charge in [-0.3, -0.25) is 4.98 Å². The number of thiocarbonyl (C=S) groups is 1. The van der Waals surface area contributed by atoms with E-state index in [1.807, 2.05) is 30.3 Å². The van der Waals surface area contributed by atoms with Gasteiger partial charge in [0.2, 0.25) is 0 Å². The first-order valence-electron chi connectivity index (χ1n) is 5.79. The Bertz CT molecular complexity index is 508. The zero-order valence-electron chi connectivity index (χ0n) is 9.97. The van der Waals surface area contributed by atoms with E-state index in [1.165, 1.54) is 5.56 Å². The molecule has 0 atom stereocenters. The summed E-state index contributed by atoms with van der Waals surface area (Å²) in [6.45, 7) is 0.873. The molecule has 18 heavy (non-hydrogen) atoms. The SMILES string of the molecule is NC(=S)c1ccc(NCCc2ccccc2)cn1. The summed E-state index contributed by atoms with van der Waals surface area (Å²) in [5.41, 5.74) is 8.44. The van der Waals surface area contributed by atoms with E-state index < -0.39 is 0 Å². The molecule has 0 aliphatic rings. The van der Waals surface area contributed by atoms with Crippen LogP contribution in [0.15, 0.2) is 48.7 Å². The Balaban J connectivity index is 1.85. The average molecular weight is 257 g/mol. The highest BCUT2D eigenvalue weighted by Gasteiger charge is 1.98. The van der Waals surface area contributed by atoms with Crippen molar-refractivity contribution in [2.45, 2.75) is 6.42 Å². The molecule has 0 fully saturated rings. The number of hydrogen-bond donors (Lipinski definition) is 2. The summed E-state index contributed by atoms with van der Waals surface area (Å²) in [6, 6.07) is 14.1. The fourth-order valence-corrected chi connectivity index (χ4v) is 1.76. The lowest BCUT2D eigenvalue weighted by Crippen LogP contribution is -2.12. The standard InChI is InChI=1S/C14H15N3S/c15-14(18)13-7-6-12(10-17-13)16-9-8-11-4-2-1-3-5-11/h1-7,10,16H,8-9H2,(H2,15,18). The number of nitrogens with zero attached hydrogens (tertiary/aromatic N) is 1. The largest absolute Gasteiger partial charge is 0.388 e. The van der Waals surface area contributed by atoms with Crippen LogP contribution in [0.4, 0.5) is 5.69 Å². The molecular weight excluding hydrogens is 242 g/mol. The van der Waals surface area contributed by atoms with Gasteiger partial charge >= 0.3 is 0 Å². The quantitative estimate of drug-likeness (QED) is 0.807. The molecule has 0 bridgehead atoms. The van der Waals surface area contributed by atoms with Gasteiger partial charge in [-0.1, -0.05) is 42.5 Å². The second-order valence-electron chi connectivity index (χ2n) is 3.96. The maximum absolute atomic E-state index is 5.49. The lowest BCUT2D eigenvalue weighted by atomic mass is 10.1. The molecule has 1 heterocycles. The van der Waals surface area contributed by atoms with Gasteiger partial charge < -0.3 is 11.1 Å². The smallest absolute Gasteiger partial charge is 0.122 e. The van der Waals surface area contributed by atoms with Crippen molar-refractivity contribution in [1.82, 2.24) is 4.98 Å². The Hall–Kier alpha value is -1.94. The number of hydrogen-bond acceptors (Lipinski definition) is 3. The zero-order chi connectivity index (χ0) is 12.8. The van der Waals surface area contributed by atoms with E-state index in [0.717, 1.165) is 18.7 Å². The van der Waals surface area contributed by atoms with Gasteiger partial charge in [-0.25, -0.2) is 0 Å². The van der Waals surface area contributed by atoms with Crippen LogP contribution in [0, 0.1) is 0 Å². The van der Waals surface area contributed by atoms with Crippen LogP contribution in [0.25, 0.3) is 0 Å². The van der Waals surface area contributed by atoms with Gasteiger partial charge in [-0.05, 0) is 24.1 Å². The molecule has 0 aliphatic carbocycles. The van der Waals surface area contributed by atoms with E-state index in [4.69, 9.17) is 18.0 Å². The summed E-state index contributed by atoms with van der Waals surface area (Å²) in [4.78, 5) is 4.50. The minimum atomic E-state index is 0.325. The van der Waals surface area contributed by atoms with Crippen molar-refractivity contribution in [3.63, 3.8) is 0 Å². The number of pyridine rings is 1. The zero-order valence-corrected chi connectivity index (χ0v) is 10.8. The number of anilines is 1. The van der Waals surface area contributed by atoms with Crippen LogP contribution in [-0.2, 0) is 6.42 Å². The third kappa shape index (κ3) is 3.53. The van der Waals surface area contributed by atoms with Crippen LogP contribution < -0.4 is 11.1 Å². The molecule has 0 radical (unpaired) electrons. The van der Waals surface area contributed by atoms with Crippen molar-refractivity contribution in [2.24, 2.45) is 5.73 Å². The lowest BCUT2D eigenvalue weighted by molar-refractivity contribution is 1.02. The second kappa shape index (κ2) is 6.12. The van der Waals surface area contributed by atoms with Gasteiger partial charge in [0, 0.05) is 6.54 Å².